The van der Waals surface area contributed by atoms with Crippen LogP contribution >= 0.6 is 11.6 Å². The monoisotopic (exact) mass is 201 g/mol. The van der Waals surface area contributed by atoms with Gasteiger partial charge in [-0.1, -0.05) is 12.5 Å². The summed E-state index contributed by atoms with van der Waals surface area (Å²) < 4.78 is 0. The number of amides is 1. The molecule has 1 fully saturated rings. The molecule has 72 valence electrons. The van der Waals surface area contributed by atoms with Gasteiger partial charge in [0.15, 0.2) is 0 Å². The highest BCUT2D eigenvalue weighted by Gasteiger charge is 2.27. The van der Waals surface area contributed by atoms with Gasteiger partial charge in [-0.25, -0.2) is 5.06 Å². The Balaban J connectivity index is 2.07. The van der Waals surface area contributed by atoms with Crippen LogP contribution in [0.5, 0.6) is 0 Å². The van der Waals surface area contributed by atoms with E-state index in [0.717, 1.165) is 12.8 Å². The van der Waals surface area contributed by atoms with Gasteiger partial charge < -0.3 is 0 Å². The number of nitrogens with zero attached hydrogens (tertiary/aromatic N) is 1. The van der Waals surface area contributed by atoms with E-state index >= 15 is 0 Å². The molecule has 1 atom stereocenters. The van der Waals surface area contributed by atoms with E-state index in [0.29, 0.717) is 6.54 Å². The van der Waals surface area contributed by atoms with Crippen LogP contribution in [0.4, 0.5) is 4.79 Å². The average molecular weight is 202 g/mol. The summed E-state index contributed by atoms with van der Waals surface area (Å²) >= 11 is 5.32. The molecule has 0 N–H and O–H groups in total. The largest absolute Gasteiger partial charge is 0.340 e. The van der Waals surface area contributed by atoms with Crippen molar-refractivity contribution in [3.05, 3.63) is 11.6 Å². The zero-order valence-electron chi connectivity index (χ0n) is 7.33. The quantitative estimate of drug-likeness (QED) is 0.342. The highest BCUT2D eigenvalue weighted by Crippen LogP contribution is 2.29. The molecule has 4 heteroatoms. The van der Waals surface area contributed by atoms with Gasteiger partial charge in [0.2, 0.25) is 0 Å². The number of hydrogen-bond donors (Lipinski definition) is 0. The molecule has 1 aliphatic heterocycles. The van der Waals surface area contributed by atoms with Crippen LogP contribution in [0.15, 0.2) is 11.6 Å². The van der Waals surface area contributed by atoms with Crippen molar-refractivity contribution >= 4 is 17.0 Å². The van der Waals surface area contributed by atoms with E-state index in [-0.39, 0.29) is 6.10 Å². The molecular formula is C9H12ClNO2. The van der Waals surface area contributed by atoms with Crippen molar-refractivity contribution in [1.29, 1.82) is 0 Å². The molecule has 1 amide bonds. The highest BCUT2D eigenvalue weighted by atomic mass is 35.5. The van der Waals surface area contributed by atoms with Gasteiger partial charge in [-0.3, -0.25) is 9.63 Å². The minimum absolute atomic E-state index is 0.102. The van der Waals surface area contributed by atoms with Crippen LogP contribution in [0, 0.1) is 0 Å². The standard InChI is InChI=1S/C9H12ClNO2/c10-9(12)11-6-5-7-3-1-2-4-8(7)13-11/h5,8H,1-4,6H2. The Kier molecular flexibility index (Phi) is 2.56. The first-order valence-corrected chi connectivity index (χ1v) is 4.98. The van der Waals surface area contributed by atoms with Gasteiger partial charge in [-0.2, -0.15) is 0 Å². The minimum atomic E-state index is -0.527. The number of rotatable bonds is 0. The maximum Gasteiger partial charge on any atom is 0.340 e. The van der Waals surface area contributed by atoms with E-state index in [1.165, 1.54) is 23.5 Å². The second-order valence-corrected chi connectivity index (χ2v) is 3.76. The molecule has 0 aromatic rings. The summed E-state index contributed by atoms with van der Waals surface area (Å²) in [4.78, 5) is 16.2. The number of fused-ring (bicyclic) bond motifs is 1. The summed E-state index contributed by atoms with van der Waals surface area (Å²) in [6.07, 6.45) is 6.69. The molecule has 13 heavy (non-hydrogen) atoms. The Morgan fingerprint density at radius 2 is 2.46 bits per heavy atom. The zero-order chi connectivity index (χ0) is 9.26. The Bertz CT molecular complexity index is 252. The fourth-order valence-corrected chi connectivity index (χ4v) is 1.98. The number of hydrogen-bond acceptors (Lipinski definition) is 2. The van der Waals surface area contributed by atoms with Crippen molar-refractivity contribution < 1.29 is 9.63 Å². The van der Waals surface area contributed by atoms with Crippen molar-refractivity contribution in [2.75, 3.05) is 6.54 Å². The molecule has 2 rings (SSSR count). The summed E-state index contributed by atoms with van der Waals surface area (Å²) in [6, 6.07) is 0. The lowest BCUT2D eigenvalue weighted by Crippen LogP contribution is -2.38. The highest BCUT2D eigenvalue weighted by molar-refractivity contribution is 6.62. The van der Waals surface area contributed by atoms with Crippen molar-refractivity contribution in [1.82, 2.24) is 5.06 Å². The number of halogens is 1. The summed E-state index contributed by atoms with van der Waals surface area (Å²) in [5.74, 6) is 0. The fraction of sp³-hybridized carbons (Fsp3) is 0.667. The second-order valence-electron chi connectivity index (χ2n) is 3.43. The minimum Gasteiger partial charge on any atom is -0.262 e. The van der Waals surface area contributed by atoms with Gasteiger partial charge >= 0.3 is 5.37 Å². The van der Waals surface area contributed by atoms with Crippen LogP contribution in [0.25, 0.3) is 0 Å². The molecule has 0 aromatic carbocycles. The van der Waals surface area contributed by atoms with E-state index in [1.807, 2.05) is 0 Å². The van der Waals surface area contributed by atoms with Crippen LogP contribution in [-0.2, 0) is 4.84 Å². The molecule has 1 heterocycles. The Labute approximate surface area is 82.2 Å². The molecule has 1 aliphatic carbocycles. The van der Waals surface area contributed by atoms with Crippen molar-refractivity contribution in [3.8, 4) is 0 Å². The predicted molar refractivity (Wildman–Crippen MR) is 49.4 cm³/mol. The van der Waals surface area contributed by atoms with Gasteiger partial charge in [-0.05, 0) is 36.4 Å². The van der Waals surface area contributed by atoms with Gasteiger partial charge in [-0.15, -0.1) is 0 Å². The number of hydroxylamine groups is 2. The van der Waals surface area contributed by atoms with Crippen LogP contribution in [0.2, 0.25) is 0 Å². The molecule has 1 saturated carbocycles. The smallest absolute Gasteiger partial charge is 0.262 e. The van der Waals surface area contributed by atoms with Crippen molar-refractivity contribution in [2.24, 2.45) is 0 Å². The Morgan fingerprint density at radius 1 is 1.62 bits per heavy atom. The van der Waals surface area contributed by atoms with Gasteiger partial charge in [0, 0.05) is 0 Å². The van der Waals surface area contributed by atoms with E-state index < -0.39 is 5.37 Å². The lowest BCUT2D eigenvalue weighted by Gasteiger charge is -2.33. The van der Waals surface area contributed by atoms with E-state index in [4.69, 9.17) is 16.4 Å². The second kappa shape index (κ2) is 3.68. The fourth-order valence-electron chi connectivity index (χ4n) is 1.87. The van der Waals surface area contributed by atoms with Crippen molar-refractivity contribution in [2.45, 2.75) is 31.8 Å². The Morgan fingerprint density at radius 3 is 3.23 bits per heavy atom. The summed E-state index contributed by atoms with van der Waals surface area (Å²) in [7, 11) is 0. The predicted octanol–water partition coefficient (Wildman–Crippen LogP) is 2.46. The van der Waals surface area contributed by atoms with Crippen LogP contribution in [0.1, 0.15) is 25.7 Å². The third-order valence-corrected chi connectivity index (χ3v) is 2.75. The lowest BCUT2D eigenvalue weighted by molar-refractivity contribution is -0.149. The number of carbonyl (C=O) groups is 1. The Hall–Kier alpha value is -0.540. The van der Waals surface area contributed by atoms with Crippen LogP contribution < -0.4 is 0 Å². The maximum atomic E-state index is 10.8. The molecule has 2 aliphatic rings. The van der Waals surface area contributed by atoms with Crippen LogP contribution in [0.3, 0.4) is 0 Å². The summed E-state index contributed by atoms with van der Waals surface area (Å²) in [5, 5.41) is 0.696. The van der Waals surface area contributed by atoms with Gasteiger partial charge in [0.25, 0.3) is 0 Å². The molecule has 3 nitrogen and oxygen atoms in total. The first-order chi connectivity index (χ1) is 6.27. The topological polar surface area (TPSA) is 29.5 Å². The zero-order valence-corrected chi connectivity index (χ0v) is 8.09. The lowest BCUT2D eigenvalue weighted by atomic mass is 9.91. The van der Waals surface area contributed by atoms with Crippen molar-refractivity contribution in [3.63, 3.8) is 0 Å². The van der Waals surface area contributed by atoms with Crippen LogP contribution in [-0.4, -0.2) is 23.1 Å². The molecule has 0 spiro atoms. The van der Waals surface area contributed by atoms with Gasteiger partial charge in [0.1, 0.15) is 6.10 Å². The normalized spacial score (nSPS) is 27.9. The molecule has 0 saturated heterocycles. The van der Waals surface area contributed by atoms with E-state index in [9.17, 15) is 4.79 Å². The van der Waals surface area contributed by atoms with E-state index in [2.05, 4.69) is 6.08 Å². The number of carbonyl (C=O) groups excluding carboxylic acids is 1. The average Bonchev–Trinajstić information content (AvgIpc) is 2.17. The molecule has 0 bridgehead atoms. The van der Waals surface area contributed by atoms with E-state index in [1.54, 1.807) is 0 Å². The summed E-state index contributed by atoms with van der Waals surface area (Å²) in [6.45, 7) is 0.494. The third-order valence-electron chi connectivity index (χ3n) is 2.57. The third kappa shape index (κ3) is 1.86. The molecule has 1 unspecified atom stereocenters. The molecular weight excluding hydrogens is 190 g/mol. The molecule has 0 radical (unpaired) electrons. The maximum absolute atomic E-state index is 10.8. The first kappa shape index (κ1) is 9.03. The van der Waals surface area contributed by atoms with Gasteiger partial charge in [0.05, 0.1) is 6.54 Å². The summed E-state index contributed by atoms with van der Waals surface area (Å²) in [5.41, 5.74) is 1.33. The molecule has 0 aromatic heterocycles. The SMILES string of the molecule is O=C(Cl)N1CC=C2CCCCC2O1. The first-order valence-electron chi connectivity index (χ1n) is 4.60.